The molecule has 0 aromatic rings. The van der Waals surface area contributed by atoms with Gasteiger partial charge in [-0.15, -0.1) is 12.4 Å². The van der Waals surface area contributed by atoms with Crippen molar-refractivity contribution < 1.29 is 9.90 Å². The molecule has 0 aromatic carbocycles. The van der Waals surface area contributed by atoms with Gasteiger partial charge in [0.05, 0.1) is 0 Å². The highest BCUT2D eigenvalue weighted by molar-refractivity contribution is 5.85. The molecule has 0 aromatic heterocycles. The van der Waals surface area contributed by atoms with E-state index in [2.05, 4.69) is 6.92 Å². The first-order valence-electron chi connectivity index (χ1n) is 9.02. The SMILES string of the molecule is CCCCCCCCCCCCCCN(C)C(C)C(=O)O.Cl. The van der Waals surface area contributed by atoms with Crippen LogP contribution in [0.3, 0.4) is 0 Å². The van der Waals surface area contributed by atoms with E-state index in [9.17, 15) is 4.79 Å². The Labute approximate surface area is 144 Å². The standard InChI is InChI=1S/C18H37NO2.ClH/c1-4-5-6-7-8-9-10-11-12-13-14-15-16-19(3)17(2)18(20)21;/h17H,4-16H2,1-3H3,(H,20,21);1H. The summed E-state index contributed by atoms with van der Waals surface area (Å²) in [6, 6.07) is -0.363. The fourth-order valence-corrected chi connectivity index (χ4v) is 2.58. The molecule has 134 valence electrons. The number of unbranched alkanes of at least 4 members (excludes halogenated alkanes) is 11. The number of hydrogen-bond acceptors (Lipinski definition) is 2. The molecule has 0 amide bonds. The van der Waals surface area contributed by atoms with Gasteiger partial charge >= 0.3 is 5.97 Å². The first kappa shape index (κ1) is 24.0. The third-order valence-corrected chi connectivity index (χ3v) is 4.38. The summed E-state index contributed by atoms with van der Waals surface area (Å²) in [5.41, 5.74) is 0. The average molecular weight is 336 g/mol. The summed E-state index contributed by atoms with van der Waals surface area (Å²) in [5, 5.41) is 8.90. The van der Waals surface area contributed by atoms with Crippen LogP contribution in [0, 0.1) is 0 Å². The lowest BCUT2D eigenvalue weighted by Crippen LogP contribution is -2.36. The zero-order valence-electron chi connectivity index (χ0n) is 15.0. The third kappa shape index (κ3) is 14.6. The summed E-state index contributed by atoms with van der Waals surface area (Å²) in [4.78, 5) is 12.7. The molecule has 0 rings (SSSR count). The molecule has 0 aliphatic carbocycles. The van der Waals surface area contributed by atoms with E-state index in [1.165, 1.54) is 70.6 Å². The first-order valence-corrected chi connectivity index (χ1v) is 9.02. The van der Waals surface area contributed by atoms with E-state index in [0.29, 0.717) is 0 Å². The van der Waals surface area contributed by atoms with Gasteiger partial charge < -0.3 is 5.11 Å². The van der Waals surface area contributed by atoms with Crippen molar-refractivity contribution in [2.75, 3.05) is 13.6 Å². The van der Waals surface area contributed by atoms with Crippen molar-refractivity contribution >= 4 is 18.4 Å². The maximum atomic E-state index is 10.8. The molecule has 0 radical (unpaired) electrons. The predicted molar refractivity (Wildman–Crippen MR) is 98.1 cm³/mol. The lowest BCUT2D eigenvalue weighted by atomic mass is 10.1. The topological polar surface area (TPSA) is 40.5 Å². The van der Waals surface area contributed by atoms with Crippen LogP contribution in [-0.2, 0) is 4.79 Å². The molecule has 1 N–H and O–H groups in total. The Bertz CT molecular complexity index is 249. The second kappa shape index (κ2) is 17.1. The van der Waals surface area contributed by atoms with Gasteiger partial charge in [0.15, 0.2) is 0 Å². The molecule has 0 heterocycles. The molecule has 0 bridgehead atoms. The quantitative estimate of drug-likeness (QED) is 0.401. The minimum atomic E-state index is -0.726. The highest BCUT2D eigenvalue weighted by Gasteiger charge is 2.15. The molecule has 22 heavy (non-hydrogen) atoms. The van der Waals surface area contributed by atoms with Gasteiger partial charge in [0, 0.05) is 0 Å². The smallest absolute Gasteiger partial charge is 0.320 e. The Kier molecular flexibility index (Phi) is 18.6. The second-order valence-electron chi connectivity index (χ2n) is 6.38. The Morgan fingerprint density at radius 1 is 0.864 bits per heavy atom. The van der Waals surface area contributed by atoms with Crippen LogP contribution in [0.25, 0.3) is 0 Å². The summed E-state index contributed by atoms with van der Waals surface area (Å²) < 4.78 is 0. The lowest BCUT2D eigenvalue weighted by Gasteiger charge is -2.20. The first-order chi connectivity index (χ1) is 10.1. The van der Waals surface area contributed by atoms with Crippen LogP contribution in [0.15, 0.2) is 0 Å². The molecule has 0 saturated carbocycles. The summed E-state index contributed by atoms with van der Waals surface area (Å²) in [6.45, 7) is 4.91. The Balaban J connectivity index is 0. The van der Waals surface area contributed by atoms with Gasteiger partial charge in [-0.3, -0.25) is 9.69 Å². The van der Waals surface area contributed by atoms with Crippen LogP contribution in [0.5, 0.6) is 0 Å². The minimum absolute atomic E-state index is 0. The monoisotopic (exact) mass is 335 g/mol. The van der Waals surface area contributed by atoms with Gasteiger partial charge in [0.2, 0.25) is 0 Å². The van der Waals surface area contributed by atoms with E-state index in [1.807, 2.05) is 11.9 Å². The number of carboxylic acids is 1. The fourth-order valence-electron chi connectivity index (χ4n) is 2.58. The second-order valence-corrected chi connectivity index (χ2v) is 6.38. The lowest BCUT2D eigenvalue weighted by molar-refractivity contribution is -0.142. The van der Waals surface area contributed by atoms with E-state index in [-0.39, 0.29) is 18.4 Å². The molecule has 0 fully saturated rings. The molecule has 4 heteroatoms. The number of aliphatic carboxylic acids is 1. The van der Waals surface area contributed by atoms with Crippen molar-refractivity contribution in [3.63, 3.8) is 0 Å². The van der Waals surface area contributed by atoms with Gasteiger partial charge in [-0.25, -0.2) is 0 Å². The Hall–Kier alpha value is -0.280. The van der Waals surface area contributed by atoms with E-state index in [4.69, 9.17) is 5.11 Å². The fraction of sp³-hybridized carbons (Fsp3) is 0.944. The molecule has 1 unspecified atom stereocenters. The van der Waals surface area contributed by atoms with Crippen LogP contribution in [0.4, 0.5) is 0 Å². The molecule has 0 aliphatic rings. The van der Waals surface area contributed by atoms with Crippen molar-refractivity contribution in [2.24, 2.45) is 0 Å². The highest BCUT2D eigenvalue weighted by Crippen LogP contribution is 2.12. The number of nitrogens with zero attached hydrogens (tertiary/aromatic N) is 1. The van der Waals surface area contributed by atoms with Crippen LogP contribution < -0.4 is 0 Å². The van der Waals surface area contributed by atoms with E-state index >= 15 is 0 Å². The van der Waals surface area contributed by atoms with Crippen LogP contribution in [0.1, 0.15) is 90.9 Å². The van der Waals surface area contributed by atoms with Gasteiger partial charge in [-0.2, -0.15) is 0 Å². The maximum Gasteiger partial charge on any atom is 0.320 e. The van der Waals surface area contributed by atoms with Gasteiger partial charge in [0.1, 0.15) is 6.04 Å². The summed E-state index contributed by atoms with van der Waals surface area (Å²) in [7, 11) is 1.90. The number of carbonyl (C=O) groups is 1. The molecule has 3 nitrogen and oxygen atoms in total. The van der Waals surface area contributed by atoms with Gasteiger partial charge in [0.25, 0.3) is 0 Å². The van der Waals surface area contributed by atoms with Crippen molar-refractivity contribution in [1.82, 2.24) is 4.90 Å². The van der Waals surface area contributed by atoms with Crippen molar-refractivity contribution in [2.45, 2.75) is 96.9 Å². The number of likely N-dealkylation sites (N-methyl/N-ethyl adjacent to an activating group) is 1. The van der Waals surface area contributed by atoms with Gasteiger partial charge in [-0.1, -0.05) is 77.6 Å². The van der Waals surface area contributed by atoms with Crippen LogP contribution >= 0.6 is 12.4 Å². The number of rotatable bonds is 15. The Morgan fingerprint density at radius 3 is 1.59 bits per heavy atom. The largest absolute Gasteiger partial charge is 0.480 e. The molecule has 1 atom stereocenters. The summed E-state index contributed by atoms with van der Waals surface area (Å²) >= 11 is 0. The number of hydrogen-bond donors (Lipinski definition) is 1. The third-order valence-electron chi connectivity index (χ3n) is 4.38. The zero-order chi connectivity index (χ0) is 15.9. The van der Waals surface area contributed by atoms with E-state index < -0.39 is 5.97 Å². The van der Waals surface area contributed by atoms with Crippen molar-refractivity contribution in [1.29, 1.82) is 0 Å². The van der Waals surface area contributed by atoms with Crippen LogP contribution in [0.2, 0.25) is 0 Å². The highest BCUT2D eigenvalue weighted by atomic mass is 35.5. The predicted octanol–water partition coefficient (Wildman–Crippen LogP) is 5.51. The van der Waals surface area contributed by atoms with Crippen LogP contribution in [-0.4, -0.2) is 35.6 Å². The summed E-state index contributed by atoms with van der Waals surface area (Å²) in [5.74, 6) is -0.726. The maximum absolute atomic E-state index is 10.8. The molecular formula is C18H38ClNO2. The summed E-state index contributed by atoms with van der Waals surface area (Å²) in [6.07, 6.45) is 16.1. The average Bonchev–Trinajstić information content (AvgIpc) is 2.47. The van der Waals surface area contributed by atoms with Crippen molar-refractivity contribution in [3.8, 4) is 0 Å². The molecule has 0 spiro atoms. The number of halogens is 1. The van der Waals surface area contributed by atoms with E-state index in [0.717, 1.165) is 13.0 Å². The molecular weight excluding hydrogens is 298 g/mol. The normalized spacial score (nSPS) is 12.2. The molecule has 0 saturated heterocycles. The molecule has 0 aliphatic heterocycles. The van der Waals surface area contributed by atoms with Gasteiger partial charge in [-0.05, 0) is 26.9 Å². The zero-order valence-corrected chi connectivity index (χ0v) is 15.8. The van der Waals surface area contributed by atoms with Crippen molar-refractivity contribution in [3.05, 3.63) is 0 Å². The van der Waals surface area contributed by atoms with E-state index in [1.54, 1.807) is 6.92 Å². The number of carboxylic acid groups (broad SMARTS) is 1. The Morgan fingerprint density at radius 2 is 1.23 bits per heavy atom. The minimum Gasteiger partial charge on any atom is -0.480 e.